The lowest BCUT2D eigenvalue weighted by Crippen LogP contribution is -2.08. The molecule has 0 heteroatoms. The summed E-state index contributed by atoms with van der Waals surface area (Å²) in [6.07, 6.45) is 7.72. The second-order valence-corrected chi connectivity index (χ2v) is 3.78. The molecule has 0 aliphatic heterocycles. The van der Waals surface area contributed by atoms with Crippen LogP contribution in [0.2, 0.25) is 0 Å². The predicted molar refractivity (Wildman–Crippen MR) is 52.4 cm³/mol. The molecular formula is C11H23+. The molecule has 0 aliphatic rings. The molecule has 0 aromatic heterocycles. The van der Waals surface area contributed by atoms with Gasteiger partial charge in [0, 0.05) is 0 Å². The highest BCUT2D eigenvalue weighted by Crippen LogP contribution is 2.22. The Kier molecular flexibility index (Phi) is 6.49. The van der Waals surface area contributed by atoms with Crippen LogP contribution < -0.4 is 0 Å². The quantitative estimate of drug-likeness (QED) is 0.507. The Morgan fingerprint density at radius 3 is 2.18 bits per heavy atom. The molecule has 0 N–H and O–H groups in total. The van der Waals surface area contributed by atoms with Gasteiger partial charge in [0.1, 0.15) is 0 Å². The summed E-state index contributed by atoms with van der Waals surface area (Å²) in [6.45, 7) is 9.13. The fraction of sp³-hybridized carbons (Fsp3) is 0.909. The smallest absolute Gasteiger partial charge is 0.0654 e. The maximum absolute atomic E-state index is 2.34. The summed E-state index contributed by atoms with van der Waals surface area (Å²) in [5, 5.41) is 0. The molecule has 0 amide bonds. The molecule has 0 fully saturated rings. The lowest BCUT2D eigenvalue weighted by molar-refractivity contribution is 0.333. The van der Waals surface area contributed by atoms with Gasteiger partial charge < -0.3 is 0 Å². The van der Waals surface area contributed by atoms with E-state index in [2.05, 4.69) is 34.1 Å². The summed E-state index contributed by atoms with van der Waals surface area (Å²) in [6, 6.07) is 0. The third-order valence-electron chi connectivity index (χ3n) is 2.43. The van der Waals surface area contributed by atoms with Gasteiger partial charge >= 0.3 is 0 Å². The van der Waals surface area contributed by atoms with Crippen LogP contribution in [0.25, 0.3) is 0 Å². The van der Waals surface area contributed by atoms with E-state index in [1.807, 2.05) is 0 Å². The van der Waals surface area contributed by atoms with Crippen LogP contribution in [0, 0.1) is 18.3 Å². The minimum atomic E-state index is 0.870. The standard InChI is InChI=1S/C11H23/c1-5-7-9-11(8-6-2)10(3)4/h5,10-11H,6-9H2,1-4H3/q+1. The topological polar surface area (TPSA) is 0 Å². The van der Waals surface area contributed by atoms with E-state index >= 15 is 0 Å². The van der Waals surface area contributed by atoms with Gasteiger partial charge in [-0.05, 0) is 18.3 Å². The number of hydrogen-bond acceptors (Lipinski definition) is 0. The van der Waals surface area contributed by atoms with Gasteiger partial charge in [0.05, 0.1) is 19.8 Å². The van der Waals surface area contributed by atoms with Crippen LogP contribution in [0.4, 0.5) is 0 Å². The van der Waals surface area contributed by atoms with Crippen molar-refractivity contribution in [3.8, 4) is 0 Å². The zero-order valence-electron chi connectivity index (χ0n) is 8.56. The average Bonchev–Trinajstić information content (AvgIpc) is 1.97. The van der Waals surface area contributed by atoms with E-state index in [4.69, 9.17) is 0 Å². The molecule has 1 unspecified atom stereocenters. The monoisotopic (exact) mass is 155 g/mol. The highest BCUT2D eigenvalue weighted by Gasteiger charge is 2.12. The minimum Gasteiger partial charge on any atom is -0.0654 e. The Morgan fingerprint density at radius 2 is 1.82 bits per heavy atom. The summed E-state index contributed by atoms with van der Waals surface area (Å²) in [7, 11) is 0. The van der Waals surface area contributed by atoms with E-state index in [0.717, 1.165) is 11.8 Å². The zero-order valence-corrected chi connectivity index (χ0v) is 8.56. The van der Waals surface area contributed by atoms with E-state index in [9.17, 15) is 0 Å². The lowest BCUT2D eigenvalue weighted by Gasteiger charge is -2.17. The van der Waals surface area contributed by atoms with Crippen molar-refractivity contribution in [2.75, 3.05) is 0 Å². The van der Waals surface area contributed by atoms with E-state index in [0.29, 0.717) is 0 Å². The maximum atomic E-state index is 2.34. The van der Waals surface area contributed by atoms with E-state index in [1.165, 1.54) is 25.7 Å². The summed E-state index contributed by atoms with van der Waals surface area (Å²) < 4.78 is 0. The van der Waals surface area contributed by atoms with Crippen molar-refractivity contribution < 1.29 is 0 Å². The largest absolute Gasteiger partial charge is 0.0875 e. The van der Waals surface area contributed by atoms with Crippen molar-refractivity contribution in [1.82, 2.24) is 0 Å². The van der Waals surface area contributed by atoms with Gasteiger partial charge in [0.2, 0.25) is 0 Å². The second-order valence-electron chi connectivity index (χ2n) is 3.78. The Bertz CT molecular complexity index is 74.1. The average molecular weight is 155 g/mol. The van der Waals surface area contributed by atoms with Crippen LogP contribution in [-0.4, -0.2) is 0 Å². The van der Waals surface area contributed by atoms with Gasteiger partial charge in [-0.3, -0.25) is 0 Å². The third kappa shape index (κ3) is 5.17. The molecule has 0 spiro atoms. The molecular weight excluding hydrogens is 132 g/mol. The fourth-order valence-corrected chi connectivity index (χ4v) is 1.56. The Balaban J connectivity index is 3.51. The molecule has 0 aliphatic carbocycles. The SMILES string of the molecule is C[CH+]CCC(CCC)C(C)C. The predicted octanol–water partition coefficient (Wildman–Crippen LogP) is 4.06. The zero-order chi connectivity index (χ0) is 8.69. The van der Waals surface area contributed by atoms with Crippen molar-refractivity contribution in [2.24, 2.45) is 11.8 Å². The van der Waals surface area contributed by atoms with Crippen LogP contribution in [0.5, 0.6) is 0 Å². The Labute approximate surface area is 72.4 Å². The van der Waals surface area contributed by atoms with Gasteiger partial charge in [0.15, 0.2) is 0 Å². The molecule has 0 aromatic rings. The van der Waals surface area contributed by atoms with E-state index in [-0.39, 0.29) is 0 Å². The van der Waals surface area contributed by atoms with Gasteiger partial charge in [0.25, 0.3) is 0 Å². The van der Waals surface area contributed by atoms with E-state index < -0.39 is 0 Å². The third-order valence-corrected chi connectivity index (χ3v) is 2.43. The van der Waals surface area contributed by atoms with Crippen LogP contribution in [0.3, 0.4) is 0 Å². The lowest BCUT2D eigenvalue weighted by atomic mass is 9.87. The molecule has 0 saturated carbocycles. The van der Waals surface area contributed by atoms with Gasteiger partial charge in [-0.1, -0.05) is 33.6 Å². The van der Waals surface area contributed by atoms with Gasteiger partial charge in [-0.15, -0.1) is 0 Å². The molecule has 0 radical (unpaired) electrons. The first-order valence-electron chi connectivity index (χ1n) is 5.00. The molecule has 0 bridgehead atoms. The van der Waals surface area contributed by atoms with Crippen molar-refractivity contribution in [2.45, 2.75) is 53.4 Å². The number of unbranched alkanes of at least 4 members (excludes halogenated alkanes) is 1. The molecule has 11 heavy (non-hydrogen) atoms. The summed E-state index contributed by atoms with van der Waals surface area (Å²) in [5.41, 5.74) is 0. The van der Waals surface area contributed by atoms with Gasteiger partial charge in [-0.2, -0.15) is 0 Å². The van der Waals surface area contributed by atoms with Crippen molar-refractivity contribution in [3.63, 3.8) is 0 Å². The van der Waals surface area contributed by atoms with Crippen molar-refractivity contribution in [1.29, 1.82) is 0 Å². The molecule has 0 aromatic carbocycles. The van der Waals surface area contributed by atoms with Gasteiger partial charge in [-0.25, -0.2) is 0 Å². The van der Waals surface area contributed by atoms with E-state index in [1.54, 1.807) is 0 Å². The fourth-order valence-electron chi connectivity index (χ4n) is 1.56. The van der Waals surface area contributed by atoms with Crippen LogP contribution in [-0.2, 0) is 0 Å². The normalized spacial score (nSPS) is 13.5. The summed E-state index contributed by atoms with van der Waals surface area (Å²) in [5.74, 6) is 1.83. The molecule has 0 heterocycles. The minimum absolute atomic E-state index is 0.870. The molecule has 0 saturated heterocycles. The van der Waals surface area contributed by atoms with Crippen LogP contribution >= 0.6 is 0 Å². The molecule has 0 rings (SSSR count). The molecule has 0 nitrogen and oxygen atoms in total. The van der Waals surface area contributed by atoms with Crippen molar-refractivity contribution in [3.05, 3.63) is 6.42 Å². The number of rotatable bonds is 6. The number of hydrogen-bond donors (Lipinski definition) is 0. The summed E-state index contributed by atoms with van der Waals surface area (Å²) in [4.78, 5) is 0. The van der Waals surface area contributed by atoms with Crippen molar-refractivity contribution >= 4 is 0 Å². The first-order valence-corrected chi connectivity index (χ1v) is 5.00. The highest BCUT2D eigenvalue weighted by molar-refractivity contribution is 4.66. The first-order chi connectivity index (χ1) is 5.22. The Hall–Kier alpha value is -0.130. The van der Waals surface area contributed by atoms with Crippen LogP contribution in [0.1, 0.15) is 53.4 Å². The Morgan fingerprint density at radius 1 is 1.18 bits per heavy atom. The first kappa shape index (κ1) is 10.9. The van der Waals surface area contributed by atoms with Crippen LogP contribution in [0.15, 0.2) is 0 Å². The summed E-state index contributed by atoms with van der Waals surface area (Å²) >= 11 is 0. The molecule has 66 valence electrons. The molecule has 1 atom stereocenters. The highest BCUT2D eigenvalue weighted by atomic mass is 14.2. The second kappa shape index (κ2) is 6.57. The maximum Gasteiger partial charge on any atom is 0.0875 e.